The molecule has 1 heterocycles. The number of halogens is 1. The molecule has 0 spiro atoms. The third-order valence-electron chi connectivity index (χ3n) is 6.48. The van der Waals surface area contributed by atoms with Gasteiger partial charge in [-0.15, -0.1) is 0 Å². The van der Waals surface area contributed by atoms with Crippen molar-refractivity contribution in [1.82, 2.24) is 10.2 Å². The van der Waals surface area contributed by atoms with Crippen molar-refractivity contribution in [3.05, 3.63) is 95.3 Å². The largest absolute Gasteiger partial charge is 0.494 e. The van der Waals surface area contributed by atoms with Crippen LogP contribution in [0, 0.1) is 12.7 Å². The zero-order chi connectivity index (χ0) is 27.2. The Bertz CT molecular complexity index is 1300. The van der Waals surface area contributed by atoms with Crippen LogP contribution in [0.5, 0.6) is 5.75 Å². The van der Waals surface area contributed by atoms with Gasteiger partial charge in [-0.3, -0.25) is 9.59 Å². The summed E-state index contributed by atoms with van der Waals surface area (Å²) in [7, 11) is 0. The van der Waals surface area contributed by atoms with E-state index in [2.05, 4.69) is 10.6 Å². The van der Waals surface area contributed by atoms with Crippen LogP contribution in [0.1, 0.15) is 42.0 Å². The molecule has 0 aliphatic carbocycles. The number of rotatable bonds is 10. The smallest absolute Gasteiger partial charge is 0.325 e. The number of carbonyl (C=O) groups excluding carboxylic acids is 3. The zero-order valence-electron chi connectivity index (χ0n) is 21.2. The SMILES string of the molecule is Cc1ccc(NC(=O)C(C(C)c2ccccc2)N2C(=O)N[C@H](c3ccc(OCCCO)cc3)C2=O)c(F)c1. The molecule has 3 atom stereocenters. The molecule has 1 fully saturated rings. The Morgan fingerprint density at radius 2 is 1.82 bits per heavy atom. The molecule has 38 heavy (non-hydrogen) atoms. The monoisotopic (exact) mass is 519 g/mol. The topological polar surface area (TPSA) is 108 Å². The molecular weight excluding hydrogens is 489 g/mol. The molecule has 1 aliphatic heterocycles. The number of benzene rings is 3. The highest BCUT2D eigenvalue weighted by molar-refractivity contribution is 6.10. The van der Waals surface area contributed by atoms with E-state index in [1.807, 2.05) is 18.2 Å². The Labute approximate surface area is 220 Å². The lowest BCUT2D eigenvalue weighted by atomic mass is 9.91. The van der Waals surface area contributed by atoms with Gasteiger partial charge in [-0.05, 0) is 47.9 Å². The molecule has 3 aromatic rings. The van der Waals surface area contributed by atoms with Crippen LogP contribution in [0.25, 0.3) is 0 Å². The van der Waals surface area contributed by atoms with Gasteiger partial charge in [0.2, 0.25) is 5.91 Å². The minimum absolute atomic E-state index is 0.0171. The summed E-state index contributed by atoms with van der Waals surface area (Å²) in [6, 6.07) is 17.2. The third kappa shape index (κ3) is 5.84. The van der Waals surface area contributed by atoms with Gasteiger partial charge < -0.3 is 20.5 Å². The first-order valence-corrected chi connectivity index (χ1v) is 12.4. The second kappa shape index (κ2) is 11.9. The van der Waals surface area contributed by atoms with E-state index in [9.17, 15) is 18.8 Å². The number of nitrogens with zero attached hydrogens (tertiary/aromatic N) is 1. The van der Waals surface area contributed by atoms with Crippen molar-refractivity contribution in [1.29, 1.82) is 0 Å². The Kier molecular flexibility index (Phi) is 8.38. The molecule has 1 aliphatic rings. The zero-order valence-corrected chi connectivity index (χ0v) is 21.2. The average Bonchev–Trinajstić information content (AvgIpc) is 3.20. The highest BCUT2D eigenvalue weighted by Crippen LogP contribution is 2.32. The van der Waals surface area contributed by atoms with Crippen LogP contribution in [0.2, 0.25) is 0 Å². The summed E-state index contributed by atoms with van der Waals surface area (Å²) >= 11 is 0. The van der Waals surface area contributed by atoms with E-state index in [0.29, 0.717) is 29.9 Å². The lowest BCUT2D eigenvalue weighted by Crippen LogP contribution is -2.50. The molecule has 2 unspecified atom stereocenters. The molecule has 0 bridgehead atoms. The summed E-state index contributed by atoms with van der Waals surface area (Å²) in [5.74, 6) is -1.90. The van der Waals surface area contributed by atoms with Gasteiger partial charge in [-0.2, -0.15) is 0 Å². The van der Waals surface area contributed by atoms with Crippen molar-refractivity contribution >= 4 is 23.5 Å². The number of ether oxygens (including phenoxy) is 1. The number of nitrogens with one attached hydrogen (secondary N) is 2. The summed E-state index contributed by atoms with van der Waals surface area (Å²) in [4.78, 5) is 41.2. The van der Waals surface area contributed by atoms with Gasteiger partial charge in [-0.25, -0.2) is 14.1 Å². The fraction of sp³-hybridized carbons (Fsp3) is 0.276. The Morgan fingerprint density at radius 1 is 1.11 bits per heavy atom. The van der Waals surface area contributed by atoms with E-state index in [0.717, 1.165) is 10.5 Å². The van der Waals surface area contributed by atoms with Crippen molar-refractivity contribution in [3.8, 4) is 5.75 Å². The van der Waals surface area contributed by atoms with Crippen molar-refractivity contribution in [2.45, 2.75) is 38.3 Å². The summed E-state index contributed by atoms with van der Waals surface area (Å²) in [5.41, 5.74) is 1.92. The molecule has 4 rings (SSSR count). The Balaban J connectivity index is 1.62. The number of hydrogen-bond donors (Lipinski definition) is 3. The summed E-state index contributed by atoms with van der Waals surface area (Å²) < 4.78 is 20.1. The number of amides is 4. The number of aliphatic hydroxyl groups excluding tert-OH is 1. The van der Waals surface area contributed by atoms with Crippen LogP contribution in [-0.2, 0) is 9.59 Å². The fourth-order valence-corrected chi connectivity index (χ4v) is 4.43. The molecule has 3 aromatic carbocycles. The van der Waals surface area contributed by atoms with E-state index < -0.39 is 41.7 Å². The molecule has 0 radical (unpaired) electrons. The van der Waals surface area contributed by atoms with E-state index in [1.54, 1.807) is 56.3 Å². The molecular formula is C29H30FN3O5. The van der Waals surface area contributed by atoms with Gasteiger partial charge in [0.1, 0.15) is 23.7 Å². The van der Waals surface area contributed by atoms with Gasteiger partial charge in [-0.1, -0.05) is 55.5 Å². The van der Waals surface area contributed by atoms with Gasteiger partial charge in [0.05, 0.1) is 12.3 Å². The van der Waals surface area contributed by atoms with E-state index >= 15 is 0 Å². The number of anilines is 1. The second-order valence-corrected chi connectivity index (χ2v) is 9.20. The number of carbonyl (C=O) groups is 3. The van der Waals surface area contributed by atoms with Gasteiger partial charge >= 0.3 is 6.03 Å². The van der Waals surface area contributed by atoms with Crippen molar-refractivity contribution < 1.29 is 28.6 Å². The molecule has 0 aromatic heterocycles. The lowest BCUT2D eigenvalue weighted by molar-refractivity contribution is -0.134. The highest BCUT2D eigenvalue weighted by Gasteiger charge is 2.47. The normalized spacial score (nSPS) is 16.6. The second-order valence-electron chi connectivity index (χ2n) is 9.20. The van der Waals surface area contributed by atoms with Crippen LogP contribution in [0.15, 0.2) is 72.8 Å². The molecule has 9 heteroatoms. The molecule has 0 saturated carbocycles. The molecule has 3 N–H and O–H groups in total. The van der Waals surface area contributed by atoms with E-state index in [4.69, 9.17) is 9.84 Å². The van der Waals surface area contributed by atoms with Crippen LogP contribution in [-0.4, -0.2) is 47.1 Å². The van der Waals surface area contributed by atoms with Crippen LogP contribution in [0.4, 0.5) is 14.9 Å². The Morgan fingerprint density at radius 3 is 2.47 bits per heavy atom. The highest BCUT2D eigenvalue weighted by atomic mass is 19.1. The maximum atomic E-state index is 14.5. The average molecular weight is 520 g/mol. The predicted molar refractivity (Wildman–Crippen MR) is 140 cm³/mol. The minimum Gasteiger partial charge on any atom is -0.494 e. The maximum Gasteiger partial charge on any atom is 0.325 e. The van der Waals surface area contributed by atoms with Gasteiger partial charge in [0.25, 0.3) is 5.91 Å². The Hall–Kier alpha value is -4.24. The number of urea groups is 1. The van der Waals surface area contributed by atoms with Crippen LogP contribution < -0.4 is 15.4 Å². The maximum absolute atomic E-state index is 14.5. The number of hydrogen-bond acceptors (Lipinski definition) is 5. The first kappa shape index (κ1) is 26.8. The van der Waals surface area contributed by atoms with Gasteiger partial charge in [0, 0.05) is 18.9 Å². The predicted octanol–water partition coefficient (Wildman–Crippen LogP) is 4.30. The van der Waals surface area contributed by atoms with Crippen LogP contribution in [0.3, 0.4) is 0 Å². The molecule has 1 saturated heterocycles. The van der Waals surface area contributed by atoms with Crippen molar-refractivity contribution in [2.24, 2.45) is 0 Å². The first-order valence-electron chi connectivity index (χ1n) is 12.4. The minimum atomic E-state index is -1.24. The number of imide groups is 1. The quantitative estimate of drug-likeness (QED) is 0.274. The fourth-order valence-electron chi connectivity index (χ4n) is 4.43. The summed E-state index contributed by atoms with van der Waals surface area (Å²) in [6.45, 7) is 3.84. The van der Waals surface area contributed by atoms with Crippen molar-refractivity contribution in [2.75, 3.05) is 18.5 Å². The summed E-state index contributed by atoms with van der Waals surface area (Å²) in [6.07, 6.45) is 0.490. The van der Waals surface area contributed by atoms with E-state index in [-0.39, 0.29) is 12.3 Å². The summed E-state index contributed by atoms with van der Waals surface area (Å²) in [5, 5.41) is 14.2. The molecule has 4 amide bonds. The first-order chi connectivity index (χ1) is 18.3. The van der Waals surface area contributed by atoms with Crippen LogP contribution >= 0.6 is 0 Å². The van der Waals surface area contributed by atoms with E-state index in [1.165, 1.54) is 12.1 Å². The number of aliphatic hydroxyl groups is 1. The third-order valence-corrected chi connectivity index (χ3v) is 6.48. The lowest BCUT2D eigenvalue weighted by Gasteiger charge is -2.30. The van der Waals surface area contributed by atoms with Crippen molar-refractivity contribution in [3.63, 3.8) is 0 Å². The number of aryl methyl sites for hydroxylation is 1. The molecule has 8 nitrogen and oxygen atoms in total. The molecule has 198 valence electrons. The standard InChI is InChI=1S/C29H30FN3O5/c1-18-9-14-24(23(30)17-18)31-27(35)26(19(2)20-7-4-3-5-8-20)33-28(36)25(32-29(33)37)21-10-12-22(13-11-21)38-16-6-15-34/h3-5,7-14,17,19,25-26,34H,6,15-16H2,1-2H3,(H,31,35)(H,32,37)/t19?,25-,26?/m1/s1. The van der Waals surface area contributed by atoms with Gasteiger partial charge in [0.15, 0.2) is 0 Å².